The first-order valence-corrected chi connectivity index (χ1v) is 9.92. The normalized spacial score (nSPS) is 18.3. The number of aryl methyl sites for hydroxylation is 1. The van der Waals surface area contributed by atoms with Gasteiger partial charge in [-0.25, -0.2) is 4.98 Å². The van der Waals surface area contributed by atoms with Gasteiger partial charge >= 0.3 is 0 Å². The number of anilines is 1. The highest BCUT2D eigenvalue weighted by Gasteiger charge is 2.25. The van der Waals surface area contributed by atoms with Crippen LogP contribution in [0.15, 0.2) is 16.0 Å². The molecule has 0 bridgehead atoms. The van der Waals surface area contributed by atoms with Gasteiger partial charge in [0.15, 0.2) is 0 Å². The van der Waals surface area contributed by atoms with Gasteiger partial charge in [-0.3, -0.25) is 9.59 Å². The van der Waals surface area contributed by atoms with Crippen molar-refractivity contribution in [1.82, 2.24) is 4.98 Å². The van der Waals surface area contributed by atoms with Crippen LogP contribution in [0.25, 0.3) is 0 Å². The average Bonchev–Trinajstić information content (AvgIpc) is 2.50. The van der Waals surface area contributed by atoms with Crippen LogP contribution in [0.3, 0.4) is 0 Å². The second-order valence-corrected chi connectivity index (χ2v) is 7.15. The maximum absolute atomic E-state index is 12.3. The Balaban J connectivity index is 2.12. The van der Waals surface area contributed by atoms with Crippen molar-refractivity contribution in [2.75, 3.05) is 17.8 Å². The molecule has 0 saturated heterocycles. The van der Waals surface area contributed by atoms with Crippen molar-refractivity contribution in [3.05, 3.63) is 11.8 Å². The molecular formula is C16H22N2O2S2. The van der Waals surface area contributed by atoms with Crippen LogP contribution in [0.4, 0.5) is 5.69 Å². The molecule has 1 aliphatic carbocycles. The third-order valence-electron chi connectivity index (χ3n) is 3.87. The van der Waals surface area contributed by atoms with Crippen molar-refractivity contribution in [2.24, 2.45) is 5.92 Å². The van der Waals surface area contributed by atoms with E-state index < -0.39 is 0 Å². The van der Waals surface area contributed by atoms with E-state index in [0.717, 1.165) is 40.6 Å². The molecule has 1 N–H and O–H groups in total. The van der Waals surface area contributed by atoms with E-state index in [1.54, 1.807) is 11.8 Å². The molecule has 0 spiro atoms. The molecule has 0 radical (unpaired) electrons. The minimum absolute atomic E-state index is 0.0866. The molecule has 120 valence electrons. The summed E-state index contributed by atoms with van der Waals surface area (Å²) in [6.07, 6.45) is 7.69. The predicted octanol–water partition coefficient (Wildman–Crippen LogP) is 3.92. The van der Waals surface area contributed by atoms with E-state index in [1.807, 2.05) is 25.5 Å². The summed E-state index contributed by atoms with van der Waals surface area (Å²) in [7, 11) is 0. The second kappa shape index (κ2) is 8.02. The maximum Gasteiger partial charge on any atom is 0.225 e. The van der Waals surface area contributed by atoms with Crippen molar-refractivity contribution < 1.29 is 9.59 Å². The highest BCUT2D eigenvalue weighted by atomic mass is 32.2. The Labute approximate surface area is 140 Å². The maximum atomic E-state index is 12.3. The number of pyridine rings is 1. The Morgan fingerprint density at radius 1 is 1.36 bits per heavy atom. The number of amides is 1. The summed E-state index contributed by atoms with van der Waals surface area (Å²) < 4.78 is 0. The quantitative estimate of drug-likeness (QED) is 0.825. The molecule has 1 amide bonds. The van der Waals surface area contributed by atoms with Crippen LogP contribution in [0.1, 0.15) is 37.8 Å². The SMILES string of the molecule is CSc1cc(C)nc(SC)c1NC(=O)CC1CCCCC1=O. The predicted molar refractivity (Wildman–Crippen MR) is 92.7 cm³/mol. The number of ketones is 1. The van der Waals surface area contributed by atoms with E-state index in [0.29, 0.717) is 6.42 Å². The van der Waals surface area contributed by atoms with E-state index in [4.69, 9.17) is 0 Å². The number of hydrogen-bond donors (Lipinski definition) is 1. The molecule has 1 aliphatic rings. The van der Waals surface area contributed by atoms with Gasteiger partial charge in [0.25, 0.3) is 0 Å². The highest BCUT2D eigenvalue weighted by molar-refractivity contribution is 7.99. The number of Topliss-reactive ketones (excluding diaryl/α,β-unsaturated/α-hetero) is 1. The summed E-state index contributed by atoms with van der Waals surface area (Å²) >= 11 is 3.11. The zero-order valence-corrected chi connectivity index (χ0v) is 14.9. The van der Waals surface area contributed by atoms with E-state index in [2.05, 4.69) is 10.3 Å². The summed E-state index contributed by atoms with van der Waals surface area (Å²) in [4.78, 5) is 29.7. The fourth-order valence-corrected chi connectivity index (χ4v) is 4.03. The van der Waals surface area contributed by atoms with Gasteiger partial charge in [0.2, 0.25) is 5.91 Å². The van der Waals surface area contributed by atoms with Crippen LogP contribution in [-0.4, -0.2) is 29.2 Å². The zero-order chi connectivity index (χ0) is 16.1. The molecule has 1 aromatic rings. The van der Waals surface area contributed by atoms with Gasteiger partial charge in [-0.2, -0.15) is 0 Å². The first-order chi connectivity index (χ1) is 10.5. The Bertz CT molecular complexity index is 550. The minimum atomic E-state index is -0.109. The Hall–Kier alpha value is -1.01. The van der Waals surface area contributed by atoms with E-state index in [-0.39, 0.29) is 24.0 Å². The topological polar surface area (TPSA) is 59.1 Å². The van der Waals surface area contributed by atoms with Gasteiger partial charge in [-0.15, -0.1) is 23.5 Å². The molecule has 1 heterocycles. The standard InChI is InChI=1S/C16H22N2O2S2/c1-10-8-13(21-2)15(16(17-10)22-3)18-14(20)9-11-6-4-5-7-12(11)19/h8,11H,4-7,9H2,1-3H3,(H,18,20). The molecule has 2 rings (SSSR count). The number of hydrogen-bond acceptors (Lipinski definition) is 5. The number of carbonyl (C=O) groups excluding carboxylic acids is 2. The van der Waals surface area contributed by atoms with Crippen molar-refractivity contribution >= 4 is 40.9 Å². The van der Waals surface area contributed by atoms with Crippen molar-refractivity contribution in [3.63, 3.8) is 0 Å². The van der Waals surface area contributed by atoms with Gasteiger partial charge in [-0.05, 0) is 38.3 Å². The monoisotopic (exact) mass is 338 g/mol. The number of thioether (sulfide) groups is 2. The summed E-state index contributed by atoms with van der Waals surface area (Å²) in [5, 5.41) is 3.81. The molecular weight excluding hydrogens is 316 g/mol. The summed E-state index contributed by atoms with van der Waals surface area (Å²) in [5.41, 5.74) is 1.72. The fraction of sp³-hybridized carbons (Fsp3) is 0.562. The second-order valence-electron chi connectivity index (χ2n) is 5.51. The lowest BCUT2D eigenvalue weighted by atomic mass is 9.85. The molecule has 1 fully saturated rings. The molecule has 22 heavy (non-hydrogen) atoms. The first-order valence-electron chi connectivity index (χ1n) is 7.47. The zero-order valence-electron chi connectivity index (χ0n) is 13.3. The molecule has 6 heteroatoms. The van der Waals surface area contributed by atoms with Crippen LogP contribution in [0, 0.1) is 12.8 Å². The molecule has 0 aliphatic heterocycles. The molecule has 1 atom stereocenters. The number of nitrogens with one attached hydrogen (secondary N) is 1. The number of carbonyl (C=O) groups is 2. The van der Waals surface area contributed by atoms with Crippen molar-refractivity contribution in [1.29, 1.82) is 0 Å². The lowest BCUT2D eigenvalue weighted by Crippen LogP contribution is -2.25. The van der Waals surface area contributed by atoms with Crippen LogP contribution < -0.4 is 5.32 Å². The summed E-state index contributed by atoms with van der Waals surface area (Å²) in [6, 6.07) is 1.98. The van der Waals surface area contributed by atoms with Crippen molar-refractivity contribution in [3.8, 4) is 0 Å². The third-order valence-corrected chi connectivity index (χ3v) is 5.31. The van der Waals surface area contributed by atoms with Crippen molar-refractivity contribution in [2.45, 2.75) is 48.9 Å². The summed E-state index contributed by atoms with van der Waals surface area (Å²) in [6.45, 7) is 1.95. The lowest BCUT2D eigenvalue weighted by molar-refractivity contribution is -0.128. The van der Waals surface area contributed by atoms with Gasteiger partial charge in [0, 0.05) is 29.3 Å². The third kappa shape index (κ3) is 4.26. The largest absolute Gasteiger partial charge is 0.323 e. The van der Waals surface area contributed by atoms with Gasteiger partial charge in [-0.1, -0.05) is 6.42 Å². The molecule has 1 saturated carbocycles. The number of aromatic nitrogens is 1. The smallest absolute Gasteiger partial charge is 0.225 e. The molecule has 1 unspecified atom stereocenters. The molecule has 0 aromatic carbocycles. The highest BCUT2D eigenvalue weighted by Crippen LogP contribution is 2.34. The van der Waals surface area contributed by atoms with Gasteiger partial charge in [0.05, 0.1) is 5.69 Å². The molecule has 1 aromatic heterocycles. The number of rotatable bonds is 5. The van der Waals surface area contributed by atoms with Crippen LogP contribution in [0.5, 0.6) is 0 Å². The Morgan fingerprint density at radius 2 is 2.14 bits per heavy atom. The Kier molecular flexibility index (Phi) is 6.32. The average molecular weight is 338 g/mol. The van der Waals surface area contributed by atoms with E-state index in [1.165, 1.54) is 11.8 Å². The van der Waals surface area contributed by atoms with Crippen LogP contribution >= 0.6 is 23.5 Å². The van der Waals surface area contributed by atoms with Crippen LogP contribution in [-0.2, 0) is 9.59 Å². The summed E-state index contributed by atoms with van der Waals surface area (Å²) in [5.74, 6) is 0.0396. The van der Waals surface area contributed by atoms with E-state index in [9.17, 15) is 9.59 Å². The van der Waals surface area contributed by atoms with Gasteiger partial charge in [0.1, 0.15) is 10.8 Å². The number of nitrogens with zero attached hydrogens (tertiary/aromatic N) is 1. The van der Waals surface area contributed by atoms with Gasteiger partial charge < -0.3 is 5.32 Å². The minimum Gasteiger partial charge on any atom is -0.323 e. The fourth-order valence-electron chi connectivity index (χ4n) is 2.72. The first kappa shape index (κ1) is 17.3. The van der Waals surface area contributed by atoms with E-state index >= 15 is 0 Å². The Morgan fingerprint density at radius 3 is 2.77 bits per heavy atom. The lowest BCUT2D eigenvalue weighted by Gasteiger charge is -2.20. The molecule has 4 nitrogen and oxygen atoms in total. The van der Waals surface area contributed by atoms with Crippen LogP contribution in [0.2, 0.25) is 0 Å².